The van der Waals surface area contributed by atoms with E-state index in [1.807, 2.05) is 0 Å². The lowest BCUT2D eigenvalue weighted by molar-refractivity contribution is -0.274. The summed E-state index contributed by atoms with van der Waals surface area (Å²) < 4.78 is 60.1. The first-order valence-electron chi connectivity index (χ1n) is 4.64. The van der Waals surface area contributed by atoms with Gasteiger partial charge >= 0.3 is 6.36 Å². The summed E-state index contributed by atoms with van der Waals surface area (Å²) in [5, 5.41) is 0. The molecule has 0 saturated heterocycles. The summed E-state index contributed by atoms with van der Waals surface area (Å²) in [6.45, 7) is 2.94. The molecule has 0 fully saturated rings. The van der Waals surface area contributed by atoms with Crippen molar-refractivity contribution in [1.29, 1.82) is 0 Å². The Morgan fingerprint density at radius 1 is 1.06 bits per heavy atom. The summed E-state index contributed by atoms with van der Waals surface area (Å²) in [6.07, 6.45) is -4.75. The predicted molar refractivity (Wildman–Crippen MR) is 56.5 cm³/mol. The molecule has 0 unspecified atom stereocenters. The first kappa shape index (κ1) is 13.8. The highest BCUT2D eigenvalue weighted by Gasteiger charge is 2.31. The molecule has 0 spiro atoms. The van der Waals surface area contributed by atoms with E-state index in [0.717, 1.165) is 12.1 Å². The van der Waals surface area contributed by atoms with Crippen molar-refractivity contribution in [2.24, 2.45) is 0 Å². The first-order chi connectivity index (χ1) is 7.63. The van der Waals surface area contributed by atoms with Gasteiger partial charge in [-0.1, -0.05) is 12.1 Å². The number of hydrogen-bond acceptors (Lipinski definition) is 3. The highest BCUT2D eigenvalue weighted by molar-refractivity contribution is 7.73. The van der Waals surface area contributed by atoms with Crippen molar-refractivity contribution in [2.45, 2.75) is 25.0 Å². The van der Waals surface area contributed by atoms with Gasteiger partial charge in [-0.3, -0.25) is 0 Å². The lowest BCUT2D eigenvalue weighted by Gasteiger charge is -2.18. The summed E-state index contributed by atoms with van der Waals surface area (Å²) in [6, 6.07) is 4.77. The summed E-state index contributed by atoms with van der Waals surface area (Å²) in [7, 11) is -2.72. The van der Waals surface area contributed by atoms with Gasteiger partial charge in [0.15, 0.2) is 0 Å². The Bertz CT molecular complexity index is 453. The Labute approximate surface area is 98.2 Å². The molecule has 17 heavy (non-hydrogen) atoms. The van der Waals surface area contributed by atoms with E-state index in [0.29, 0.717) is 5.56 Å². The molecule has 0 N–H and O–H groups in total. The van der Waals surface area contributed by atoms with E-state index < -0.39 is 21.8 Å². The average molecular weight is 268 g/mol. The van der Waals surface area contributed by atoms with Crippen molar-refractivity contribution in [3.8, 4) is 5.75 Å². The van der Waals surface area contributed by atoms with Gasteiger partial charge in [-0.05, 0) is 31.5 Å². The van der Waals surface area contributed by atoms with E-state index >= 15 is 0 Å². The van der Waals surface area contributed by atoms with Crippen LogP contribution in [-0.4, -0.2) is 14.8 Å². The fourth-order valence-corrected chi connectivity index (χ4v) is 1.53. The third-order valence-corrected chi connectivity index (χ3v) is 3.42. The van der Waals surface area contributed by atoms with E-state index in [-0.39, 0.29) is 5.75 Å². The molecule has 7 heteroatoms. The molecular weight excluding hydrogens is 257 g/mol. The molecule has 0 saturated carbocycles. The Kier molecular flexibility index (Phi) is 3.71. The van der Waals surface area contributed by atoms with Crippen LogP contribution in [-0.2, 0) is 15.5 Å². The number of thiol groups is 1. The molecule has 0 aliphatic carbocycles. The van der Waals surface area contributed by atoms with Crippen LogP contribution in [0.5, 0.6) is 5.75 Å². The summed E-state index contributed by atoms with van der Waals surface area (Å²) in [4.78, 5) is 0. The molecule has 0 heterocycles. The van der Waals surface area contributed by atoms with Crippen LogP contribution in [0.25, 0.3) is 0 Å². The van der Waals surface area contributed by atoms with Gasteiger partial charge in [0.25, 0.3) is 0 Å². The fourth-order valence-electron chi connectivity index (χ4n) is 1.17. The van der Waals surface area contributed by atoms with Crippen molar-refractivity contribution in [1.82, 2.24) is 0 Å². The van der Waals surface area contributed by atoms with Gasteiger partial charge in [0, 0.05) is 0 Å². The molecule has 0 aliphatic rings. The molecule has 0 aromatic heterocycles. The van der Waals surface area contributed by atoms with Gasteiger partial charge in [0.1, 0.15) is 16.5 Å². The Hall–Kier alpha value is -1.24. The first-order valence-corrected chi connectivity index (χ1v) is 5.81. The summed E-state index contributed by atoms with van der Waals surface area (Å²) >= 11 is 0. The zero-order chi connectivity index (χ0) is 13.3. The number of rotatable bonds is 3. The van der Waals surface area contributed by atoms with Crippen molar-refractivity contribution in [2.75, 3.05) is 0 Å². The largest absolute Gasteiger partial charge is 0.573 e. The lowest BCUT2D eigenvalue weighted by atomic mass is 10.0. The van der Waals surface area contributed by atoms with Gasteiger partial charge in [0.05, 0.1) is 4.75 Å². The van der Waals surface area contributed by atoms with E-state index in [1.165, 1.54) is 26.0 Å². The van der Waals surface area contributed by atoms with Gasteiger partial charge in [0.2, 0.25) is 0 Å². The normalized spacial score (nSPS) is 12.8. The SMILES string of the molecule is CC(C)(c1ccc(OC(F)(F)F)cc1)[SH](=O)=O. The van der Waals surface area contributed by atoms with Gasteiger partial charge in [-0.2, -0.15) is 0 Å². The van der Waals surface area contributed by atoms with Gasteiger partial charge in [-0.25, -0.2) is 8.42 Å². The lowest BCUT2D eigenvalue weighted by Crippen LogP contribution is -2.19. The van der Waals surface area contributed by atoms with Crippen LogP contribution in [0.3, 0.4) is 0 Å². The minimum absolute atomic E-state index is 0.377. The molecule has 0 amide bonds. The molecule has 0 atom stereocenters. The van der Waals surface area contributed by atoms with E-state index in [2.05, 4.69) is 4.74 Å². The summed E-state index contributed by atoms with van der Waals surface area (Å²) in [5.41, 5.74) is 0.406. The Morgan fingerprint density at radius 3 is 1.88 bits per heavy atom. The molecule has 1 aromatic rings. The number of hydrogen-bond donors (Lipinski definition) is 1. The van der Waals surface area contributed by atoms with Crippen LogP contribution in [0, 0.1) is 0 Å². The zero-order valence-electron chi connectivity index (χ0n) is 9.12. The maximum Gasteiger partial charge on any atom is 0.573 e. The van der Waals surface area contributed by atoms with Crippen LogP contribution in [0.15, 0.2) is 24.3 Å². The smallest absolute Gasteiger partial charge is 0.406 e. The quantitative estimate of drug-likeness (QED) is 0.856. The monoisotopic (exact) mass is 268 g/mol. The number of halogens is 3. The second kappa shape index (κ2) is 4.56. The van der Waals surface area contributed by atoms with Crippen LogP contribution in [0.1, 0.15) is 19.4 Å². The molecule has 1 rings (SSSR count). The number of ether oxygens (including phenoxy) is 1. The molecule has 1 aromatic carbocycles. The molecule has 0 aliphatic heterocycles. The van der Waals surface area contributed by atoms with E-state index in [1.54, 1.807) is 0 Å². The molecule has 0 bridgehead atoms. The minimum Gasteiger partial charge on any atom is -0.406 e. The van der Waals surface area contributed by atoms with Gasteiger partial charge < -0.3 is 4.74 Å². The highest BCUT2D eigenvalue weighted by Crippen LogP contribution is 2.28. The second-order valence-electron chi connectivity index (χ2n) is 3.89. The van der Waals surface area contributed by atoms with Crippen LogP contribution in [0.2, 0.25) is 0 Å². The van der Waals surface area contributed by atoms with E-state index in [9.17, 15) is 21.6 Å². The van der Waals surface area contributed by atoms with Gasteiger partial charge in [-0.15, -0.1) is 13.2 Å². The summed E-state index contributed by atoms with van der Waals surface area (Å²) in [5.74, 6) is -0.377. The fraction of sp³-hybridized carbons (Fsp3) is 0.400. The number of benzene rings is 1. The van der Waals surface area contributed by atoms with E-state index in [4.69, 9.17) is 0 Å². The second-order valence-corrected chi connectivity index (χ2v) is 5.52. The third-order valence-electron chi connectivity index (χ3n) is 2.25. The number of alkyl halides is 3. The molecular formula is C10H11F3O3S. The topological polar surface area (TPSA) is 43.4 Å². The highest BCUT2D eigenvalue weighted by atomic mass is 32.2. The van der Waals surface area contributed by atoms with Crippen LogP contribution >= 0.6 is 0 Å². The maximum atomic E-state index is 11.9. The average Bonchev–Trinajstić information content (AvgIpc) is 2.15. The maximum absolute atomic E-state index is 11.9. The van der Waals surface area contributed by atoms with Crippen molar-refractivity contribution < 1.29 is 26.3 Å². The molecule has 3 nitrogen and oxygen atoms in total. The van der Waals surface area contributed by atoms with Crippen molar-refractivity contribution in [3.05, 3.63) is 29.8 Å². The minimum atomic E-state index is -4.75. The van der Waals surface area contributed by atoms with Crippen LogP contribution < -0.4 is 4.74 Å². The molecule has 0 radical (unpaired) electrons. The van der Waals surface area contributed by atoms with Crippen molar-refractivity contribution in [3.63, 3.8) is 0 Å². The zero-order valence-corrected chi connectivity index (χ0v) is 10.0. The predicted octanol–water partition coefficient (Wildman–Crippen LogP) is 2.43. The van der Waals surface area contributed by atoms with Crippen molar-refractivity contribution >= 4 is 10.7 Å². The molecule has 96 valence electrons. The Morgan fingerprint density at radius 2 is 1.53 bits per heavy atom. The Balaban J connectivity index is 2.96. The standard InChI is InChI=1S/C10H11F3O3S/c1-9(2,17(14)15)7-3-5-8(6-4-7)16-10(11,12)13/h3-6,17H,1-2H3. The van der Waals surface area contributed by atoms with Crippen LogP contribution in [0.4, 0.5) is 13.2 Å². The third kappa shape index (κ3) is 3.62.